The van der Waals surface area contributed by atoms with Crippen LogP contribution in [0.1, 0.15) is 18.9 Å². The Labute approximate surface area is 125 Å². The lowest BCUT2D eigenvalue weighted by Gasteiger charge is -2.16. The molecule has 1 aromatic carbocycles. The van der Waals surface area contributed by atoms with Gasteiger partial charge in [-0.25, -0.2) is 4.39 Å². The van der Waals surface area contributed by atoms with Crippen molar-refractivity contribution in [1.29, 1.82) is 0 Å². The molecule has 18 heavy (non-hydrogen) atoms. The molecule has 1 unspecified atom stereocenters. The summed E-state index contributed by atoms with van der Waals surface area (Å²) in [6, 6.07) is 3.61. The first-order chi connectivity index (χ1) is 8.47. The summed E-state index contributed by atoms with van der Waals surface area (Å²) in [5, 5.41) is 3.15. The first-order valence-electron chi connectivity index (χ1n) is 5.50. The van der Waals surface area contributed by atoms with Gasteiger partial charge in [0.25, 0.3) is 0 Å². The van der Waals surface area contributed by atoms with E-state index in [0.29, 0.717) is 15.7 Å². The highest BCUT2D eigenvalue weighted by molar-refractivity contribution is 9.10. The smallest absolute Gasteiger partial charge is 0.161 e. The van der Waals surface area contributed by atoms with Gasteiger partial charge in [0.15, 0.2) is 5.82 Å². The predicted octanol–water partition coefficient (Wildman–Crippen LogP) is 3.78. The molecular formula is C12H16BrFN2S2. The second kappa shape index (κ2) is 7.31. The molecule has 0 fully saturated rings. The third-order valence-corrected chi connectivity index (χ3v) is 4.14. The van der Waals surface area contributed by atoms with Crippen LogP contribution in [0, 0.1) is 5.82 Å². The Morgan fingerprint density at radius 2 is 2.28 bits per heavy atom. The highest BCUT2D eigenvalue weighted by atomic mass is 79.9. The summed E-state index contributed by atoms with van der Waals surface area (Å²) in [5.41, 5.74) is 6.50. The number of benzene rings is 1. The molecule has 100 valence electrons. The van der Waals surface area contributed by atoms with Crippen LogP contribution in [0.25, 0.3) is 0 Å². The largest absolute Gasteiger partial charge is 0.389 e. The topological polar surface area (TPSA) is 38.0 Å². The monoisotopic (exact) mass is 350 g/mol. The first kappa shape index (κ1) is 15.7. The average Bonchev–Trinajstić information content (AvgIpc) is 2.32. The van der Waals surface area contributed by atoms with E-state index in [4.69, 9.17) is 18.0 Å². The molecule has 0 amide bonds. The van der Waals surface area contributed by atoms with Crippen molar-refractivity contribution in [3.8, 4) is 0 Å². The van der Waals surface area contributed by atoms with Crippen LogP contribution in [0.3, 0.4) is 0 Å². The number of thioether (sulfide) groups is 1. The van der Waals surface area contributed by atoms with Gasteiger partial charge in [-0.15, -0.1) is 0 Å². The molecule has 0 heterocycles. The molecule has 0 saturated carbocycles. The molecular weight excluding hydrogens is 335 g/mol. The van der Waals surface area contributed by atoms with Gasteiger partial charge in [0.05, 0.1) is 10.2 Å². The maximum absolute atomic E-state index is 14.1. The lowest BCUT2D eigenvalue weighted by Crippen LogP contribution is -2.18. The number of nitrogens with one attached hydrogen (secondary N) is 1. The maximum atomic E-state index is 14.1. The maximum Gasteiger partial charge on any atom is 0.161 e. The molecule has 2 nitrogen and oxygen atoms in total. The summed E-state index contributed by atoms with van der Waals surface area (Å²) < 4.78 is 14.4. The quantitative estimate of drug-likeness (QED) is 0.765. The second-order valence-corrected chi connectivity index (χ2v) is 6.20. The van der Waals surface area contributed by atoms with Crippen LogP contribution < -0.4 is 11.1 Å². The molecule has 0 saturated heterocycles. The van der Waals surface area contributed by atoms with E-state index in [0.717, 1.165) is 12.2 Å². The summed E-state index contributed by atoms with van der Waals surface area (Å²) in [5.74, 6) is 0.693. The van der Waals surface area contributed by atoms with Crippen molar-refractivity contribution < 1.29 is 4.39 Å². The number of hydrogen-bond donors (Lipinski definition) is 2. The highest BCUT2D eigenvalue weighted by Crippen LogP contribution is 2.27. The third-order valence-electron chi connectivity index (χ3n) is 2.50. The molecule has 0 aliphatic carbocycles. The zero-order valence-corrected chi connectivity index (χ0v) is 13.5. The lowest BCUT2D eigenvalue weighted by molar-refractivity contribution is 0.618. The Morgan fingerprint density at radius 3 is 2.83 bits per heavy atom. The van der Waals surface area contributed by atoms with Gasteiger partial charge in [-0.2, -0.15) is 11.8 Å². The SMILES string of the molecule is CSCCC(C)Nc1ccc(C(N)=S)c(Br)c1F. The van der Waals surface area contributed by atoms with Crippen LogP contribution >= 0.6 is 39.9 Å². The van der Waals surface area contributed by atoms with E-state index in [1.54, 1.807) is 23.9 Å². The van der Waals surface area contributed by atoms with E-state index in [2.05, 4.69) is 27.5 Å². The summed E-state index contributed by atoms with van der Waals surface area (Å²) >= 11 is 9.82. The van der Waals surface area contributed by atoms with Crippen molar-refractivity contribution in [2.45, 2.75) is 19.4 Å². The van der Waals surface area contributed by atoms with Gasteiger partial charge < -0.3 is 11.1 Å². The van der Waals surface area contributed by atoms with E-state index in [1.807, 2.05) is 6.92 Å². The summed E-state index contributed by atoms with van der Waals surface area (Å²) in [6.45, 7) is 2.03. The fraction of sp³-hybridized carbons (Fsp3) is 0.417. The standard InChI is InChI=1S/C12H16BrFN2S2/c1-7(5-6-18-2)16-9-4-3-8(12(15)17)10(13)11(9)14/h3-4,7,16H,5-6H2,1-2H3,(H2,15,17). The predicted molar refractivity (Wildman–Crippen MR) is 86.1 cm³/mol. The van der Waals surface area contributed by atoms with Crippen molar-refractivity contribution in [1.82, 2.24) is 0 Å². The molecule has 0 spiro atoms. The number of rotatable bonds is 6. The van der Waals surface area contributed by atoms with Crippen LogP contribution in [-0.2, 0) is 0 Å². The molecule has 0 aromatic heterocycles. The Balaban J connectivity index is 2.85. The Kier molecular flexibility index (Phi) is 6.38. The molecule has 0 aliphatic rings. The number of anilines is 1. The highest BCUT2D eigenvalue weighted by Gasteiger charge is 2.14. The molecule has 0 radical (unpaired) electrons. The van der Waals surface area contributed by atoms with Crippen LogP contribution in [0.15, 0.2) is 16.6 Å². The van der Waals surface area contributed by atoms with Gasteiger partial charge in [-0.3, -0.25) is 0 Å². The minimum atomic E-state index is -0.351. The zero-order chi connectivity index (χ0) is 13.7. The fourth-order valence-electron chi connectivity index (χ4n) is 1.48. The number of hydrogen-bond acceptors (Lipinski definition) is 3. The van der Waals surface area contributed by atoms with Crippen molar-refractivity contribution in [2.24, 2.45) is 5.73 Å². The van der Waals surface area contributed by atoms with Gasteiger partial charge in [0, 0.05) is 11.6 Å². The van der Waals surface area contributed by atoms with Crippen LogP contribution in [0.2, 0.25) is 0 Å². The minimum Gasteiger partial charge on any atom is -0.389 e. The second-order valence-electron chi connectivity index (χ2n) is 3.98. The number of halogens is 2. The van der Waals surface area contributed by atoms with Crippen molar-refractivity contribution in [2.75, 3.05) is 17.3 Å². The molecule has 0 aliphatic heterocycles. The van der Waals surface area contributed by atoms with Crippen molar-refractivity contribution in [3.63, 3.8) is 0 Å². The van der Waals surface area contributed by atoms with Crippen LogP contribution in [-0.4, -0.2) is 23.0 Å². The van der Waals surface area contributed by atoms with Gasteiger partial charge in [0.2, 0.25) is 0 Å². The van der Waals surface area contributed by atoms with Gasteiger partial charge in [-0.1, -0.05) is 12.2 Å². The Bertz CT molecular complexity index is 440. The first-order valence-corrected chi connectivity index (χ1v) is 8.10. The number of nitrogens with two attached hydrogens (primary N) is 1. The molecule has 0 bridgehead atoms. The van der Waals surface area contributed by atoms with Gasteiger partial charge in [0.1, 0.15) is 4.99 Å². The Morgan fingerprint density at radius 1 is 1.61 bits per heavy atom. The minimum absolute atomic E-state index is 0.183. The lowest BCUT2D eigenvalue weighted by atomic mass is 10.1. The zero-order valence-electron chi connectivity index (χ0n) is 10.3. The van der Waals surface area contributed by atoms with Gasteiger partial charge >= 0.3 is 0 Å². The van der Waals surface area contributed by atoms with E-state index in [-0.39, 0.29) is 16.8 Å². The van der Waals surface area contributed by atoms with Crippen LogP contribution in [0.4, 0.5) is 10.1 Å². The van der Waals surface area contributed by atoms with E-state index in [9.17, 15) is 4.39 Å². The van der Waals surface area contributed by atoms with Crippen molar-refractivity contribution in [3.05, 3.63) is 28.0 Å². The van der Waals surface area contributed by atoms with E-state index in [1.165, 1.54) is 0 Å². The summed E-state index contributed by atoms with van der Waals surface area (Å²) in [7, 11) is 0. The van der Waals surface area contributed by atoms with Crippen LogP contribution in [0.5, 0.6) is 0 Å². The Hall–Kier alpha value is -0.330. The summed E-state index contributed by atoms with van der Waals surface area (Å²) in [6.07, 6.45) is 3.04. The summed E-state index contributed by atoms with van der Waals surface area (Å²) in [4.78, 5) is 0.183. The number of thiocarbonyl (C=S) groups is 1. The van der Waals surface area contributed by atoms with E-state index >= 15 is 0 Å². The fourth-order valence-corrected chi connectivity index (χ4v) is 2.93. The van der Waals surface area contributed by atoms with Crippen molar-refractivity contribution >= 4 is 50.6 Å². The molecule has 1 atom stereocenters. The molecule has 1 aromatic rings. The molecule has 6 heteroatoms. The average molecular weight is 351 g/mol. The molecule has 3 N–H and O–H groups in total. The normalized spacial score (nSPS) is 12.2. The molecule has 1 rings (SSSR count). The van der Waals surface area contributed by atoms with Gasteiger partial charge in [-0.05, 0) is 53.4 Å². The van der Waals surface area contributed by atoms with E-state index < -0.39 is 0 Å². The third kappa shape index (κ3) is 4.10.